The van der Waals surface area contributed by atoms with E-state index in [4.69, 9.17) is 0 Å². The topological polar surface area (TPSA) is 12.0 Å². The van der Waals surface area contributed by atoms with Crippen molar-refractivity contribution >= 4 is 27.3 Å². The van der Waals surface area contributed by atoms with Crippen LogP contribution in [-0.2, 0) is 5.41 Å². The third-order valence-electron chi connectivity index (χ3n) is 4.45. The first kappa shape index (κ1) is 15.3. The Labute approximate surface area is 139 Å². The second kappa shape index (κ2) is 6.23. The van der Waals surface area contributed by atoms with E-state index in [2.05, 4.69) is 71.5 Å². The molecule has 3 heteroatoms. The maximum absolute atomic E-state index is 3.82. The monoisotopic (exact) mass is 363 g/mol. The van der Waals surface area contributed by atoms with Crippen LogP contribution in [0.2, 0.25) is 0 Å². The molecule has 0 amide bonds. The van der Waals surface area contributed by atoms with Crippen LogP contribution in [0.15, 0.2) is 40.9 Å². The number of aryl methyl sites for hydroxylation is 1. The van der Waals surface area contributed by atoms with Gasteiger partial charge >= 0.3 is 0 Å². The van der Waals surface area contributed by atoms with Crippen LogP contribution in [0.5, 0.6) is 0 Å². The molecule has 1 aromatic carbocycles. The molecule has 1 aliphatic carbocycles. The molecule has 1 nitrogen and oxygen atoms in total. The van der Waals surface area contributed by atoms with Crippen LogP contribution in [0.4, 0.5) is 0 Å². The molecule has 21 heavy (non-hydrogen) atoms. The van der Waals surface area contributed by atoms with Gasteiger partial charge < -0.3 is 5.32 Å². The molecule has 1 heterocycles. The number of nitrogens with one attached hydrogen (secondary N) is 1. The third kappa shape index (κ3) is 2.96. The standard InChI is InChI=1S/C18H22BrNS/c1-3-11-20-17(16-12-15(19)13(2)21-16)18(9-10-18)14-7-5-4-6-8-14/h4-8,12,17,20H,3,9-11H2,1-2H3. The van der Waals surface area contributed by atoms with Gasteiger partial charge in [-0.2, -0.15) is 0 Å². The lowest BCUT2D eigenvalue weighted by Crippen LogP contribution is -2.32. The van der Waals surface area contributed by atoms with Crippen molar-refractivity contribution < 1.29 is 0 Å². The Morgan fingerprint density at radius 1 is 1.29 bits per heavy atom. The summed E-state index contributed by atoms with van der Waals surface area (Å²) in [7, 11) is 0. The molecular weight excluding hydrogens is 342 g/mol. The highest BCUT2D eigenvalue weighted by atomic mass is 79.9. The molecule has 3 rings (SSSR count). The Balaban J connectivity index is 1.96. The smallest absolute Gasteiger partial charge is 0.0513 e. The highest BCUT2D eigenvalue weighted by molar-refractivity contribution is 9.10. The lowest BCUT2D eigenvalue weighted by molar-refractivity contribution is 0.435. The van der Waals surface area contributed by atoms with E-state index in [-0.39, 0.29) is 0 Å². The molecule has 0 bridgehead atoms. The van der Waals surface area contributed by atoms with E-state index < -0.39 is 0 Å². The van der Waals surface area contributed by atoms with Gasteiger partial charge in [-0.1, -0.05) is 37.3 Å². The van der Waals surface area contributed by atoms with Crippen molar-refractivity contribution in [2.24, 2.45) is 0 Å². The van der Waals surface area contributed by atoms with E-state index in [0.717, 1.165) is 6.54 Å². The summed E-state index contributed by atoms with van der Waals surface area (Å²) in [4.78, 5) is 2.84. The van der Waals surface area contributed by atoms with Crippen LogP contribution in [-0.4, -0.2) is 6.54 Å². The molecule has 112 valence electrons. The van der Waals surface area contributed by atoms with Crippen molar-refractivity contribution in [3.05, 3.63) is 56.2 Å². The molecule has 0 spiro atoms. The number of thiophene rings is 1. The zero-order valence-electron chi connectivity index (χ0n) is 12.7. The summed E-state index contributed by atoms with van der Waals surface area (Å²) in [5, 5.41) is 3.82. The molecule has 1 saturated carbocycles. The zero-order chi connectivity index (χ0) is 14.9. The second-order valence-corrected chi connectivity index (χ2v) is 8.10. The fourth-order valence-electron chi connectivity index (χ4n) is 3.13. The fraction of sp³-hybridized carbons (Fsp3) is 0.444. The van der Waals surface area contributed by atoms with Gasteiger partial charge in [-0.25, -0.2) is 0 Å². The summed E-state index contributed by atoms with van der Waals surface area (Å²) in [5.74, 6) is 0. The Morgan fingerprint density at radius 2 is 2.00 bits per heavy atom. The molecule has 1 aromatic heterocycles. The Bertz CT molecular complexity index is 581. The van der Waals surface area contributed by atoms with Gasteiger partial charge in [-0.3, -0.25) is 0 Å². The van der Waals surface area contributed by atoms with Gasteiger partial charge in [0.05, 0.1) is 6.04 Å². The van der Waals surface area contributed by atoms with Gasteiger partial charge in [0, 0.05) is 19.6 Å². The predicted molar refractivity (Wildman–Crippen MR) is 95.1 cm³/mol. The Hall–Kier alpha value is -0.640. The third-order valence-corrected chi connectivity index (χ3v) is 6.65. The predicted octanol–water partition coefficient (Wildman–Crippen LogP) is 5.59. The van der Waals surface area contributed by atoms with E-state index in [1.807, 2.05) is 11.3 Å². The largest absolute Gasteiger partial charge is 0.309 e. The van der Waals surface area contributed by atoms with Crippen molar-refractivity contribution in [2.45, 2.75) is 44.6 Å². The SMILES string of the molecule is CCCNC(c1cc(Br)c(C)s1)C1(c2ccccc2)CC1. The first-order chi connectivity index (χ1) is 10.2. The number of benzene rings is 1. The lowest BCUT2D eigenvalue weighted by atomic mass is 9.87. The maximum Gasteiger partial charge on any atom is 0.0513 e. The summed E-state index contributed by atoms with van der Waals surface area (Å²) < 4.78 is 1.25. The van der Waals surface area contributed by atoms with E-state index in [1.165, 1.54) is 39.1 Å². The van der Waals surface area contributed by atoms with Crippen molar-refractivity contribution in [2.75, 3.05) is 6.54 Å². The van der Waals surface area contributed by atoms with Crippen LogP contribution in [0.1, 0.15) is 47.5 Å². The number of halogens is 1. The van der Waals surface area contributed by atoms with Crippen LogP contribution in [0.25, 0.3) is 0 Å². The highest BCUT2D eigenvalue weighted by Gasteiger charge is 2.51. The number of rotatable bonds is 6. The van der Waals surface area contributed by atoms with Crippen molar-refractivity contribution in [1.82, 2.24) is 5.32 Å². The van der Waals surface area contributed by atoms with Crippen molar-refractivity contribution in [3.8, 4) is 0 Å². The summed E-state index contributed by atoms with van der Waals surface area (Å²) >= 11 is 5.60. The number of hydrogen-bond donors (Lipinski definition) is 1. The molecule has 1 atom stereocenters. The molecule has 0 saturated heterocycles. The second-order valence-electron chi connectivity index (χ2n) is 5.96. The van der Waals surface area contributed by atoms with Gasteiger partial charge in [0.2, 0.25) is 0 Å². The van der Waals surface area contributed by atoms with Gasteiger partial charge in [-0.05, 0) is 60.3 Å². The van der Waals surface area contributed by atoms with Crippen LogP contribution < -0.4 is 5.32 Å². The fourth-order valence-corrected chi connectivity index (χ4v) is 4.88. The van der Waals surface area contributed by atoms with E-state index in [0.29, 0.717) is 11.5 Å². The quantitative estimate of drug-likeness (QED) is 0.704. The van der Waals surface area contributed by atoms with Crippen LogP contribution >= 0.6 is 27.3 Å². The highest BCUT2D eigenvalue weighted by Crippen LogP contribution is 2.57. The van der Waals surface area contributed by atoms with Gasteiger partial charge in [-0.15, -0.1) is 11.3 Å². The summed E-state index contributed by atoms with van der Waals surface area (Å²) in [6, 6.07) is 13.8. The summed E-state index contributed by atoms with van der Waals surface area (Å²) in [6.07, 6.45) is 3.74. The van der Waals surface area contributed by atoms with E-state index >= 15 is 0 Å². The first-order valence-electron chi connectivity index (χ1n) is 7.72. The van der Waals surface area contributed by atoms with Crippen LogP contribution in [0.3, 0.4) is 0 Å². The Morgan fingerprint density at radius 3 is 2.52 bits per heavy atom. The molecule has 0 radical (unpaired) electrons. The minimum Gasteiger partial charge on any atom is -0.309 e. The minimum absolute atomic E-state index is 0.299. The molecular formula is C18H22BrNS. The molecule has 1 aliphatic rings. The molecule has 1 fully saturated rings. The minimum atomic E-state index is 0.299. The average Bonchev–Trinajstić information content (AvgIpc) is 3.23. The van der Waals surface area contributed by atoms with Gasteiger partial charge in [0.1, 0.15) is 0 Å². The van der Waals surface area contributed by atoms with E-state index in [1.54, 1.807) is 0 Å². The zero-order valence-corrected chi connectivity index (χ0v) is 15.1. The van der Waals surface area contributed by atoms with Gasteiger partial charge in [0.25, 0.3) is 0 Å². The van der Waals surface area contributed by atoms with E-state index in [9.17, 15) is 0 Å². The molecule has 1 unspecified atom stereocenters. The molecule has 1 N–H and O–H groups in total. The first-order valence-corrected chi connectivity index (χ1v) is 9.33. The summed E-state index contributed by atoms with van der Waals surface area (Å²) in [5.41, 5.74) is 1.79. The molecule has 2 aromatic rings. The summed E-state index contributed by atoms with van der Waals surface area (Å²) in [6.45, 7) is 5.51. The van der Waals surface area contributed by atoms with Crippen molar-refractivity contribution in [1.29, 1.82) is 0 Å². The van der Waals surface area contributed by atoms with Crippen LogP contribution in [0, 0.1) is 6.92 Å². The lowest BCUT2D eigenvalue weighted by Gasteiger charge is -2.28. The Kier molecular flexibility index (Phi) is 4.53. The normalized spacial score (nSPS) is 17.7. The maximum atomic E-state index is 3.82. The van der Waals surface area contributed by atoms with Gasteiger partial charge in [0.15, 0.2) is 0 Å². The number of hydrogen-bond acceptors (Lipinski definition) is 2. The molecule has 0 aliphatic heterocycles. The average molecular weight is 364 g/mol. The van der Waals surface area contributed by atoms with Crippen molar-refractivity contribution in [3.63, 3.8) is 0 Å².